The first kappa shape index (κ1) is 12.5. The minimum Gasteiger partial charge on any atom is -0.469 e. The third kappa shape index (κ3) is 5.74. The number of hydrogen-bond donors (Lipinski definition) is 1. The number of methoxy groups -OCH3 is 1. The summed E-state index contributed by atoms with van der Waals surface area (Å²) in [5.74, 6) is 0.547. The molecule has 0 radical (unpaired) electrons. The van der Waals surface area contributed by atoms with Gasteiger partial charge in [-0.05, 0) is 38.3 Å². The van der Waals surface area contributed by atoms with Crippen LogP contribution < -0.4 is 5.32 Å². The maximum atomic E-state index is 10.8. The van der Waals surface area contributed by atoms with Crippen molar-refractivity contribution in [2.75, 3.05) is 33.4 Å². The molecular formula is C11H21NO3. The van der Waals surface area contributed by atoms with Gasteiger partial charge in [0.05, 0.1) is 20.1 Å². The number of carbonyl (C=O) groups excluding carboxylic acids is 1. The summed E-state index contributed by atoms with van der Waals surface area (Å²) >= 11 is 0. The van der Waals surface area contributed by atoms with Crippen molar-refractivity contribution in [3.05, 3.63) is 0 Å². The fraction of sp³-hybridized carbons (Fsp3) is 0.909. The van der Waals surface area contributed by atoms with Crippen LogP contribution in [0.2, 0.25) is 0 Å². The Balaban J connectivity index is 1.89. The molecule has 0 aromatic heterocycles. The number of nitrogens with one attached hydrogen (secondary N) is 1. The van der Waals surface area contributed by atoms with Crippen molar-refractivity contribution >= 4 is 5.97 Å². The van der Waals surface area contributed by atoms with E-state index in [0.717, 1.165) is 32.0 Å². The van der Waals surface area contributed by atoms with Crippen LogP contribution in [-0.4, -0.2) is 39.4 Å². The summed E-state index contributed by atoms with van der Waals surface area (Å²) in [6.07, 6.45) is 4.02. The molecule has 4 heteroatoms. The van der Waals surface area contributed by atoms with E-state index in [1.54, 1.807) is 0 Å². The fourth-order valence-electron chi connectivity index (χ4n) is 1.78. The van der Waals surface area contributed by atoms with Gasteiger partial charge in [-0.3, -0.25) is 4.79 Å². The highest BCUT2D eigenvalue weighted by Gasteiger charge is 2.12. The minimum absolute atomic E-state index is 0.200. The van der Waals surface area contributed by atoms with E-state index in [1.807, 2.05) is 0 Å². The molecule has 0 aromatic carbocycles. The highest BCUT2D eigenvalue weighted by Crippen LogP contribution is 2.13. The van der Waals surface area contributed by atoms with Crippen molar-refractivity contribution in [2.24, 2.45) is 5.92 Å². The topological polar surface area (TPSA) is 47.6 Å². The third-order valence-corrected chi connectivity index (χ3v) is 2.75. The number of carbonyl (C=O) groups is 1. The molecule has 0 aromatic rings. The number of ether oxygens (including phenoxy) is 2. The monoisotopic (exact) mass is 215 g/mol. The van der Waals surface area contributed by atoms with Gasteiger partial charge in [0.25, 0.3) is 0 Å². The van der Waals surface area contributed by atoms with Gasteiger partial charge in [0.1, 0.15) is 0 Å². The number of rotatable bonds is 6. The Morgan fingerprint density at radius 2 is 2.33 bits per heavy atom. The van der Waals surface area contributed by atoms with Gasteiger partial charge in [0, 0.05) is 6.61 Å². The quantitative estimate of drug-likeness (QED) is 0.529. The zero-order chi connectivity index (χ0) is 10.9. The molecule has 1 atom stereocenters. The summed E-state index contributed by atoms with van der Waals surface area (Å²) < 4.78 is 9.90. The van der Waals surface area contributed by atoms with Crippen molar-refractivity contribution in [1.29, 1.82) is 0 Å². The summed E-state index contributed by atoms with van der Waals surface area (Å²) in [7, 11) is 1.40. The van der Waals surface area contributed by atoms with Gasteiger partial charge in [-0.1, -0.05) is 0 Å². The molecule has 1 unspecified atom stereocenters. The van der Waals surface area contributed by atoms with Crippen LogP contribution in [0.25, 0.3) is 0 Å². The van der Waals surface area contributed by atoms with Crippen molar-refractivity contribution < 1.29 is 14.3 Å². The van der Waals surface area contributed by atoms with E-state index >= 15 is 0 Å². The first-order chi connectivity index (χ1) is 7.33. The maximum Gasteiger partial charge on any atom is 0.307 e. The second-order valence-electron chi connectivity index (χ2n) is 3.94. The van der Waals surface area contributed by atoms with Gasteiger partial charge in [-0.2, -0.15) is 0 Å². The summed E-state index contributed by atoms with van der Waals surface area (Å²) in [6, 6.07) is 0. The third-order valence-electron chi connectivity index (χ3n) is 2.75. The highest BCUT2D eigenvalue weighted by molar-refractivity contribution is 5.69. The highest BCUT2D eigenvalue weighted by atomic mass is 16.5. The van der Waals surface area contributed by atoms with E-state index in [1.165, 1.54) is 20.0 Å². The number of hydrogen-bond acceptors (Lipinski definition) is 4. The van der Waals surface area contributed by atoms with Crippen LogP contribution in [0.1, 0.15) is 25.7 Å². The van der Waals surface area contributed by atoms with E-state index < -0.39 is 0 Å². The molecule has 0 saturated carbocycles. The van der Waals surface area contributed by atoms with Crippen LogP contribution in [0.3, 0.4) is 0 Å². The molecule has 1 heterocycles. The first-order valence-corrected chi connectivity index (χ1v) is 5.68. The minimum atomic E-state index is -0.200. The van der Waals surface area contributed by atoms with Gasteiger partial charge in [-0.15, -0.1) is 0 Å². The van der Waals surface area contributed by atoms with E-state index in [-0.39, 0.29) is 5.97 Å². The Kier molecular flexibility index (Phi) is 6.36. The molecule has 0 spiro atoms. The summed E-state index contributed by atoms with van der Waals surface area (Å²) in [6.45, 7) is 3.50. The SMILES string of the molecule is COC(=O)CCOCCC1CCCNC1. The molecule has 1 fully saturated rings. The van der Waals surface area contributed by atoms with Gasteiger partial charge in [0.2, 0.25) is 0 Å². The zero-order valence-electron chi connectivity index (χ0n) is 9.46. The summed E-state index contributed by atoms with van der Waals surface area (Å²) in [5, 5.41) is 3.37. The van der Waals surface area contributed by atoms with Crippen LogP contribution >= 0.6 is 0 Å². The largest absolute Gasteiger partial charge is 0.469 e. The lowest BCUT2D eigenvalue weighted by Gasteiger charge is -2.22. The normalized spacial score (nSPS) is 21.3. The van der Waals surface area contributed by atoms with E-state index in [4.69, 9.17) is 4.74 Å². The summed E-state index contributed by atoms with van der Waals surface area (Å²) in [5.41, 5.74) is 0. The molecule has 0 bridgehead atoms. The Hall–Kier alpha value is -0.610. The predicted octanol–water partition coefficient (Wildman–Crippen LogP) is 0.956. The lowest BCUT2D eigenvalue weighted by Crippen LogP contribution is -2.30. The van der Waals surface area contributed by atoms with Crippen LogP contribution in [0, 0.1) is 5.92 Å². The Morgan fingerprint density at radius 3 is 3.00 bits per heavy atom. The van der Waals surface area contributed by atoms with Crippen molar-refractivity contribution in [1.82, 2.24) is 5.32 Å². The molecule has 1 aliphatic heterocycles. The average molecular weight is 215 g/mol. The zero-order valence-corrected chi connectivity index (χ0v) is 9.46. The second-order valence-corrected chi connectivity index (χ2v) is 3.94. The maximum absolute atomic E-state index is 10.8. The molecule has 0 aliphatic carbocycles. The average Bonchev–Trinajstić information content (AvgIpc) is 2.29. The van der Waals surface area contributed by atoms with E-state index in [2.05, 4.69) is 10.1 Å². The lowest BCUT2D eigenvalue weighted by molar-refractivity contribution is -0.141. The smallest absolute Gasteiger partial charge is 0.307 e. The Bertz CT molecular complexity index is 179. The fourth-order valence-corrected chi connectivity index (χ4v) is 1.78. The molecule has 1 rings (SSSR count). The molecule has 4 nitrogen and oxygen atoms in total. The van der Waals surface area contributed by atoms with Crippen LogP contribution in [0.4, 0.5) is 0 Å². The standard InChI is InChI=1S/C11H21NO3/c1-14-11(13)5-8-15-7-4-10-3-2-6-12-9-10/h10,12H,2-9H2,1H3. The number of esters is 1. The van der Waals surface area contributed by atoms with Crippen LogP contribution in [0.15, 0.2) is 0 Å². The molecule has 0 amide bonds. The van der Waals surface area contributed by atoms with E-state index in [9.17, 15) is 4.79 Å². The number of piperidine rings is 1. The van der Waals surface area contributed by atoms with Gasteiger partial charge in [0.15, 0.2) is 0 Å². The van der Waals surface area contributed by atoms with E-state index in [0.29, 0.717) is 13.0 Å². The van der Waals surface area contributed by atoms with Crippen molar-refractivity contribution in [2.45, 2.75) is 25.7 Å². The summed E-state index contributed by atoms with van der Waals surface area (Å²) in [4.78, 5) is 10.8. The van der Waals surface area contributed by atoms with Crippen molar-refractivity contribution in [3.63, 3.8) is 0 Å². The van der Waals surface area contributed by atoms with Crippen molar-refractivity contribution in [3.8, 4) is 0 Å². The Morgan fingerprint density at radius 1 is 1.47 bits per heavy atom. The first-order valence-electron chi connectivity index (χ1n) is 5.68. The molecule has 15 heavy (non-hydrogen) atoms. The molecule has 1 aliphatic rings. The predicted molar refractivity (Wildman–Crippen MR) is 57.7 cm³/mol. The molecule has 88 valence electrons. The van der Waals surface area contributed by atoms with Crippen LogP contribution in [-0.2, 0) is 14.3 Å². The Labute approximate surface area is 91.3 Å². The second kappa shape index (κ2) is 7.65. The lowest BCUT2D eigenvalue weighted by atomic mass is 9.97. The van der Waals surface area contributed by atoms with Gasteiger partial charge >= 0.3 is 5.97 Å². The molecule has 1 N–H and O–H groups in total. The van der Waals surface area contributed by atoms with Gasteiger partial charge in [-0.25, -0.2) is 0 Å². The van der Waals surface area contributed by atoms with Gasteiger partial charge < -0.3 is 14.8 Å². The molecule has 1 saturated heterocycles. The van der Waals surface area contributed by atoms with Crippen LogP contribution in [0.5, 0.6) is 0 Å². The molecular weight excluding hydrogens is 194 g/mol.